The first-order chi connectivity index (χ1) is 9.81. The van der Waals surface area contributed by atoms with E-state index in [0.29, 0.717) is 23.2 Å². The average molecular weight is 296 g/mol. The van der Waals surface area contributed by atoms with Gasteiger partial charge in [-0.3, -0.25) is 4.79 Å². The SMILES string of the molecule is COc1ccsc1C(=O)NCCNC1CCCCCC1. The van der Waals surface area contributed by atoms with Crippen molar-refractivity contribution in [3.63, 3.8) is 0 Å². The highest BCUT2D eigenvalue weighted by Gasteiger charge is 2.14. The van der Waals surface area contributed by atoms with Gasteiger partial charge in [0.15, 0.2) is 0 Å². The Balaban J connectivity index is 1.66. The molecule has 0 aromatic carbocycles. The second kappa shape index (κ2) is 8.27. The minimum absolute atomic E-state index is 0.0421. The van der Waals surface area contributed by atoms with Crippen molar-refractivity contribution in [2.24, 2.45) is 0 Å². The van der Waals surface area contributed by atoms with Gasteiger partial charge in [-0.1, -0.05) is 25.7 Å². The van der Waals surface area contributed by atoms with Crippen molar-refractivity contribution in [3.8, 4) is 5.75 Å². The van der Waals surface area contributed by atoms with Crippen molar-refractivity contribution in [3.05, 3.63) is 16.3 Å². The number of hydrogen-bond donors (Lipinski definition) is 2. The van der Waals surface area contributed by atoms with Crippen molar-refractivity contribution in [2.45, 2.75) is 44.6 Å². The lowest BCUT2D eigenvalue weighted by Crippen LogP contribution is -2.36. The Labute approximate surface area is 124 Å². The van der Waals surface area contributed by atoms with Gasteiger partial charge in [-0.05, 0) is 24.3 Å². The molecule has 1 aliphatic rings. The van der Waals surface area contributed by atoms with Gasteiger partial charge in [-0.25, -0.2) is 0 Å². The van der Waals surface area contributed by atoms with Crippen molar-refractivity contribution < 1.29 is 9.53 Å². The molecular weight excluding hydrogens is 272 g/mol. The van der Waals surface area contributed by atoms with E-state index in [1.807, 2.05) is 11.4 Å². The predicted octanol–water partition coefficient (Wildman–Crippen LogP) is 2.80. The Bertz CT molecular complexity index is 412. The van der Waals surface area contributed by atoms with Crippen LogP contribution in [0.2, 0.25) is 0 Å². The Morgan fingerprint density at radius 1 is 1.30 bits per heavy atom. The van der Waals surface area contributed by atoms with Gasteiger partial charge in [0.1, 0.15) is 10.6 Å². The van der Waals surface area contributed by atoms with Crippen molar-refractivity contribution in [2.75, 3.05) is 20.2 Å². The van der Waals surface area contributed by atoms with Crippen LogP contribution in [0.1, 0.15) is 48.2 Å². The fourth-order valence-corrected chi connectivity index (χ4v) is 3.41. The van der Waals surface area contributed by atoms with Gasteiger partial charge in [0.05, 0.1) is 7.11 Å². The van der Waals surface area contributed by atoms with Gasteiger partial charge < -0.3 is 15.4 Å². The van der Waals surface area contributed by atoms with Gasteiger partial charge in [0, 0.05) is 19.1 Å². The van der Waals surface area contributed by atoms with Crippen molar-refractivity contribution in [1.82, 2.24) is 10.6 Å². The van der Waals surface area contributed by atoms with Gasteiger partial charge in [-0.2, -0.15) is 0 Å². The first-order valence-corrected chi connectivity index (χ1v) is 8.32. The summed E-state index contributed by atoms with van der Waals surface area (Å²) in [7, 11) is 1.59. The fraction of sp³-hybridized carbons (Fsp3) is 0.667. The van der Waals surface area contributed by atoms with E-state index in [2.05, 4.69) is 10.6 Å². The van der Waals surface area contributed by atoms with E-state index in [9.17, 15) is 4.79 Å². The van der Waals surface area contributed by atoms with Gasteiger partial charge in [0.25, 0.3) is 5.91 Å². The molecule has 1 aromatic rings. The summed E-state index contributed by atoms with van der Waals surface area (Å²) in [5.41, 5.74) is 0. The van der Waals surface area contributed by atoms with Crippen LogP contribution >= 0.6 is 11.3 Å². The molecule has 2 N–H and O–H groups in total. The van der Waals surface area contributed by atoms with E-state index in [4.69, 9.17) is 4.74 Å². The van der Waals surface area contributed by atoms with Gasteiger partial charge >= 0.3 is 0 Å². The molecule has 0 radical (unpaired) electrons. The molecule has 0 aliphatic heterocycles. The normalized spacial score (nSPS) is 16.6. The summed E-state index contributed by atoms with van der Waals surface area (Å²) >= 11 is 1.41. The Morgan fingerprint density at radius 3 is 2.75 bits per heavy atom. The molecule has 0 unspecified atom stereocenters. The van der Waals surface area contributed by atoms with Crippen molar-refractivity contribution in [1.29, 1.82) is 0 Å². The molecule has 1 heterocycles. The quantitative estimate of drug-likeness (QED) is 0.627. The molecule has 2 rings (SSSR count). The smallest absolute Gasteiger partial charge is 0.265 e. The Morgan fingerprint density at radius 2 is 2.05 bits per heavy atom. The van der Waals surface area contributed by atoms with Crippen LogP contribution in [0.3, 0.4) is 0 Å². The van der Waals surface area contributed by atoms with E-state index < -0.39 is 0 Å². The summed E-state index contributed by atoms with van der Waals surface area (Å²) in [6, 6.07) is 2.45. The number of hydrogen-bond acceptors (Lipinski definition) is 4. The third kappa shape index (κ3) is 4.49. The maximum absolute atomic E-state index is 12.0. The van der Waals surface area contributed by atoms with Crippen LogP contribution in [0.15, 0.2) is 11.4 Å². The third-order valence-electron chi connectivity index (χ3n) is 3.75. The number of rotatable bonds is 6. The number of carbonyl (C=O) groups excluding carboxylic acids is 1. The summed E-state index contributed by atoms with van der Waals surface area (Å²) in [5.74, 6) is 0.615. The molecule has 112 valence electrons. The van der Waals surface area contributed by atoms with Gasteiger partial charge in [0.2, 0.25) is 0 Å². The van der Waals surface area contributed by atoms with Crippen LogP contribution in [0.25, 0.3) is 0 Å². The number of ether oxygens (including phenoxy) is 1. The highest BCUT2D eigenvalue weighted by Crippen LogP contribution is 2.23. The van der Waals surface area contributed by atoms with E-state index in [1.54, 1.807) is 7.11 Å². The molecule has 1 aromatic heterocycles. The molecule has 1 amide bonds. The lowest BCUT2D eigenvalue weighted by Gasteiger charge is -2.16. The zero-order valence-electron chi connectivity index (χ0n) is 12.1. The second-order valence-corrected chi connectivity index (χ2v) is 6.13. The summed E-state index contributed by atoms with van der Waals surface area (Å²) in [6.45, 7) is 1.50. The molecule has 0 spiro atoms. The minimum atomic E-state index is -0.0421. The molecule has 20 heavy (non-hydrogen) atoms. The van der Waals surface area contributed by atoms with Crippen LogP contribution in [-0.2, 0) is 0 Å². The topological polar surface area (TPSA) is 50.4 Å². The highest BCUT2D eigenvalue weighted by molar-refractivity contribution is 7.12. The largest absolute Gasteiger partial charge is 0.495 e. The Kier molecular flexibility index (Phi) is 6.33. The van der Waals surface area contributed by atoms with Gasteiger partial charge in [-0.15, -0.1) is 11.3 Å². The lowest BCUT2D eigenvalue weighted by atomic mass is 10.1. The van der Waals surface area contributed by atoms with Crippen LogP contribution < -0.4 is 15.4 Å². The summed E-state index contributed by atoms with van der Waals surface area (Å²) < 4.78 is 5.16. The molecule has 4 nitrogen and oxygen atoms in total. The number of carbonyl (C=O) groups is 1. The number of thiophene rings is 1. The number of amides is 1. The minimum Gasteiger partial charge on any atom is -0.495 e. The van der Waals surface area contributed by atoms with Crippen LogP contribution in [-0.4, -0.2) is 32.1 Å². The lowest BCUT2D eigenvalue weighted by molar-refractivity contribution is 0.0955. The third-order valence-corrected chi connectivity index (χ3v) is 4.65. The molecule has 0 bridgehead atoms. The van der Waals surface area contributed by atoms with E-state index in [-0.39, 0.29) is 5.91 Å². The Hall–Kier alpha value is -1.07. The predicted molar refractivity (Wildman–Crippen MR) is 82.7 cm³/mol. The van der Waals surface area contributed by atoms with E-state index >= 15 is 0 Å². The molecule has 0 saturated heterocycles. The molecule has 1 saturated carbocycles. The zero-order valence-corrected chi connectivity index (χ0v) is 12.9. The highest BCUT2D eigenvalue weighted by atomic mass is 32.1. The molecule has 5 heteroatoms. The second-order valence-electron chi connectivity index (χ2n) is 5.22. The average Bonchev–Trinajstić information content (AvgIpc) is 2.80. The summed E-state index contributed by atoms with van der Waals surface area (Å²) in [4.78, 5) is 12.6. The maximum atomic E-state index is 12.0. The van der Waals surface area contributed by atoms with Crippen molar-refractivity contribution >= 4 is 17.2 Å². The first-order valence-electron chi connectivity index (χ1n) is 7.44. The fourth-order valence-electron chi connectivity index (χ4n) is 2.64. The monoisotopic (exact) mass is 296 g/mol. The molecular formula is C15H24N2O2S. The van der Waals surface area contributed by atoms with E-state index in [1.165, 1.54) is 49.9 Å². The number of methoxy groups -OCH3 is 1. The maximum Gasteiger partial charge on any atom is 0.265 e. The zero-order chi connectivity index (χ0) is 14.2. The summed E-state index contributed by atoms with van der Waals surface area (Å²) in [5, 5.41) is 8.36. The molecule has 1 fully saturated rings. The molecule has 1 aliphatic carbocycles. The van der Waals surface area contributed by atoms with Crippen LogP contribution in [0.5, 0.6) is 5.75 Å². The standard InChI is InChI=1S/C15H24N2O2S/c1-19-13-8-11-20-14(13)15(18)17-10-9-16-12-6-4-2-3-5-7-12/h8,11-12,16H,2-7,9-10H2,1H3,(H,17,18). The van der Waals surface area contributed by atoms with E-state index in [0.717, 1.165) is 6.54 Å². The van der Waals surface area contributed by atoms with Crippen LogP contribution in [0.4, 0.5) is 0 Å². The summed E-state index contributed by atoms with van der Waals surface area (Å²) in [6.07, 6.45) is 7.94. The first kappa shape index (κ1) is 15.3. The van der Waals surface area contributed by atoms with Crippen LogP contribution in [0, 0.1) is 0 Å². The molecule has 0 atom stereocenters. The number of nitrogens with one attached hydrogen (secondary N) is 2.